The van der Waals surface area contributed by atoms with Crippen molar-refractivity contribution in [3.05, 3.63) is 27.3 Å². The second kappa shape index (κ2) is 2.75. The van der Waals surface area contributed by atoms with Crippen molar-refractivity contribution in [2.75, 3.05) is 0 Å². The van der Waals surface area contributed by atoms with Gasteiger partial charge in [0.15, 0.2) is 0 Å². The van der Waals surface area contributed by atoms with Crippen molar-refractivity contribution in [2.45, 2.75) is 6.92 Å². The van der Waals surface area contributed by atoms with Gasteiger partial charge in [-0.1, -0.05) is 27.5 Å². The maximum absolute atomic E-state index is 6.02. The number of rotatable bonds is 0. The minimum absolute atomic E-state index is 0.727. The van der Waals surface area contributed by atoms with Crippen molar-refractivity contribution in [3.63, 3.8) is 0 Å². The normalized spacial score (nSPS) is 10.9. The molecule has 0 atom stereocenters. The summed E-state index contributed by atoms with van der Waals surface area (Å²) in [5.74, 6) is 0. The number of aromatic amines is 1. The van der Waals surface area contributed by atoms with Crippen molar-refractivity contribution in [2.24, 2.45) is 0 Å². The molecule has 62 valence electrons. The van der Waals surface area contributed by atoms with E-state index in [1.54, 1.807) is 0 Å². The predicted octanol–water partition coefficient (Wildman–Crippen LogP) is 3.29. The Bertz CT molecular complexity index is 436. The lowest BCUT2D eigenvalue weighted by Crippen LogP contribution is -1.73. The average molecular weight is 246 g/mol. The van der Waals surface area contributed by atoms with Crippen molar-refractivity contribution in [1.29, 1.82) is 0 Å². The molecule has 0 unspecified atom stereocenters. The number of hydrogen-bond acceptors (Lipinski definition) is 1. The van der Waals surface area contributed by atoms with Gasteiger partial charge in [-0.25, -0.2) is 0 Å². The van der Waals surface area contributed by atoms with E-state index in [0.717, 1.165) is 26.1 Å². The molecule has 2 rings (SSSR count). The van der Waals surface area contributed by atoms with Gasteiger partial charge in [-0.15, -0.1) is 0 Å². The van der Waals surface area contributed by atoms with Crippen LogP contribution in [0.2, 0.25) is 5.02 Å². The van der Waals surface area contributed by atoms with Gasteiger partial charge < -0.3 is 0 Å². The van der Waals surface area contributed by atoms with Crippen LogP contribution in [-0.4, -0.2) is 10.2 Å². The number of nitrogens with one attached hydrogen (secondary N) is 1. The Balaban J connectivity index is 2.93. The van der Waals surface area contributed by atoms with Crippen LogP contribution in [0.1, 0.15) is 5.69 Å². The molecule has 0 bridgehead atoms. The molecule has 2 aromatic rings. The van der Waals surface area contributed by atoms with Gasteiger partial charge >= 0.3 is 0 Å². The van der Waals surface area contributed by atoms with E-state index in [1.807, 2.05) is 19.1 Å². The van der Waals surface area contributed by atoms with Crippen LogP contribution in [-0.2, 0) is 0 Å². The molecular formula is C8H6BrClN2. The monoisotopic (exact) mass is 244 g/mol. The van der Waals surface area contributed by atoms with Gasteiger partial charge in [0.2, 0.25) is 0 Å². The van der Waals surface area contributed by atoms with Gasteiger partial charge in [0, 0.05) is 15.6 Å². The van der Waals surface area contributed by atoms with Crippen molar-refractivity contribution >= 4 is 38.4 Å². The summed E-state index contributed by atoms with van der Waals surface area (Å²) in [5, 5.41) is 8.72. The fourth-order valence-electron chi connectivity index (χ4n) is 1.22. The quantitative estimate of drug-likeness (QED) is 0.758. The zero-order valence-corrected chi connectivity index (χ0v) is 8.70. The largest absolute Gasteiger partial charge is 0.282 e. The Morgan fingerprint density at radius 3 is 3.00 bits per heavy atom. The number of hydrogen-bond donors (Lipinski definition) is 1. The maximum Gasteiger partial charge on any atom is 0.0949 e. The zero-order chi connectivity index (χ0) is 8.72. The number of aromatic nitrogens is 2. The van der Waals surface area contributed by atoms with Gasteiger partial charge in [0.25, 0.3) is 0 Å². The molecule has 0 saturated carbocycles. The first-order valence-corrected chi connectivity index (χ1v) is 4.65. The van der Waals surface area contributed by atoms with Crippen LogP contribution in [0.5, 0.6) is 0 Å². The predicted molar refractivity (Wildman–Crippen MR) is 53.5 cm³/mol. The molecule has 0 spiro atoms. The number of fused-ring (bicyclic) bond motifs is 1. The summed E-state index contributed by atoms with van der Waals surface area (Å²) in [6.45, 7) is 1.95. The van der Waals surface area contributed by atoms with E-state index in [-0.39, 0.29) is 0 Å². The first-order chi connectivity index (χ1) is 5.68. The molecule has 1 aromatic heterocycles. The summed E-state index contributed by atoms with van der Waals surface area (Å²) >= 11 is 9.37. The minimum Gasteiger partial charge on any atom is -0.282 e. The van der Waals surface area contributed by atoms with E-state index < -0.39 is 0 Å². The van der Waals surface area contributed by atoms with Gasteiger partial charge in [0.1, 0.15) is 0 Å². The number of benzene rings is 1. The highest BCUT2D eigenvalue weighted by Crippen LogP contribution is 2.28. The van der Waals surface area contributed by atoms with E-state index in [1.165, 1.54) is 0 Å². The van der Waals surface area contributed by atoms with Crippen molar-refractivity contribution < 1.29 is 0 Å². The van der Waals surface area contributed by atoms with E-state index in [9.17, 15) is 0 Å². The second-order valence-electron chi connectivity index (χ2n) is 2.63. The van der Waals surface area contributed by atoms with Gasteiger partial charge in [-0.2, -0.15) is 5.10 Å². The first kappa shape index (κ1) is 8.08. The third-order valence-electron chi connectivity index (χ3n) is 1.75. The number of halogens is 2. The third-order valence-corrected chi connectivity index (χ3v) is 2.51. The van der Waals surface area contributed by atoms with Crippen LogP contribution < -0.4 is 0 Å². The Morgan fingerprint density at radius 1 is 1.50 bits per heavy atom. The van der Waals surface area contributed by atoms with Gasteiger partial charge in [-0.05, 0) is 19.1 Å². The number of H-pyrrole nitrogens is 1. The summed E-state index contributed by atoms with van der Waals surface area (Å²) in [6.07, 6.45) is 0. The van der Waals surface area contributed by atoms with Gasteiger partial charge in [0.05, 0.1) is 10.5 Å². The van der Waals surface area contributed by atoms with Crippen LogP contribution in [0.15, 0.2) is 16.6 Å². The molecular weight excluding hydrogens is 239 g/mol. The summed E-state index contributed by atoms with van der Waals surface area (Å²) in [4.78, 5) is 0. The molecule has 2 nitrogen and oxygen atoms in total. The fourth-order valence-corrected chi connectivity index (χ4v) is 2.15. The Labute approximate surface area is 83.0 Å². The molecule has 12 heavy (non-hydrogen) atoms. The van der Waals surface area contributed by atoms with E-state index in [4.69, 9.17) is 11.6 Å². The van der Waals surface area contributed by atoms with Gasteiger partial charge in [-0.3, -0.25) is 5.10 Å². The summed E-state index contributed by atoms with van der Waals surface area (Å²) in [7, 11) is 0. The molecule has 1 heterocycles. The summed E-state index contributed by atoms with van der Waals surface area (Å²) in [6, 6.07) is 3.80. The lowest BCUT2D eigenvalue weighted by molar-refractivity contribution is 1.07. The molecule has 0 aliphatic carbocycles. The van der Waals surface area contributed by atoms with Crippen molar-refractivity contribution in [3.8, 4) is 0 Å². The SMILES string of the molecule is Cc1[nH]nc2cc(Br)cc(Cl)c12. The Kier molecular flexibility index (Phi) is 1.85. The molecule has 0 fully saturated rings. The molecule has 0 amide bonds. The zero-order valence-electron chi connectivity index (χ0n) is 6.36. The first-order valence-electron chi connectivity index (χ1n) is 3.48. The molecule has 4 heteroatoms. The molecule has 1 N–H and O–H groups in total. The van der Waals surface area contributed by atoms with E-state index >= 15 is 0 Å². The van der Waals surface area contributed by atoms with Crippen LogP contribution >= 0.6 is 27.5 Å². The van der Waals surface area contributed by atoms with Crippen LogP contribution in [0, 0.1) is 6.92 Å². The maximum atomic E-state index is 6.02. The highest BCUT2D eigenvalue weighted by Gasteiger charge is 2.06. The van der Waals surface area contributed by atoms with E-state index in [2.05, 4.69) is 26.1 Å². The molecule has 0 aliphatic heterocycles. The lowest BCUT2D eigenvalue weighted by atomic mass is 10.2. The third kappa shape index (κ3) is 1.13. The molecule has 1 aromatic carbocycles. The minimum atomic E-state index is 0.727. The highest BCUT2D eigenvalue weighted by atomic mass is 79.9. The standard InChI is InChI=1S/C8H6BrClN2/c1-4-8-6(10)2-5(9)3-7(8)12-11-4/h2-3H,1H3,(H,11,12). The Morgan fingerprint density at radius 2 is 2.25 bits per heavy atom. The lowest BCUT2D eigenvalue weighted by Gasteiger charge is -1.94. The van der Waals surface area contributed by atoms with Crippen LogP contribution in [0.25, 0.3) is 10.9 Å². The number of nitrogens with zero attached hydrogens (tertiary/aromatic N) is 1. The molecule has 0 radical (unpaired) electrons. The Hall–Kier alpha value is -0.540. The highest BCUT2D eigenvalue weighted by molar-refractivity contribution is 9.10. The van der Waals surface area contributed by atoms with Crippen LogP contribution in [0.3, 0.4) is 0 Å². The summed E-state index contributed by atoms with van der Waals surface area (Å²) in [5.41, 5.74) is 1.90. The van der Waals surface area contributed by atoms with E-state index in [0.29, 0.717) is 0 Å². The summed E-state index contributed by atoms with van der Waals surface area (Å²) < 4.78 is 0.950. The van der Waals surface area contributed by atoms with Crippen molar-refractivity contribution in [1.82, 2.24) is 10.2 Å². The number of aryl methyl sites for hydroxylation is 1. The smallest absolute Gasteiger partial charge is 0.0949 e. The second-order valence-corrected chi connectivity index (χ2v) is 3.95. The topological polar surface area (TPSA) is 28.7 Å². The van der Waals surface area contributed by atoms with Crippen LogP contribution in [0.4, 0.5) is 0 Å². The molecule has 0 saturated heterocycles. The average Bonchev–Trinajstić information content (AvgIpc) is 2.31. The fraction of sp³-hybridized carbons (Fsp3) is 0.125. The molecule has 0 aliphatic rings.